The number of nitrogens with zero attached hydrogens (tertiary/aromatic N) is 4. The zero-order valence-electron chi connectivity index (χ0n) is 9.74. The summed E-state index contributed by atoms with van der Waals surface area (Å²) in [5.74, 6) is 2.01. The molecule has 0 N–H and O–H groups in total. The van der Waals surface area contributed by atoms with E-state index in [-0.39, 0.29) is 6.54 Å². The molecular formula is C11H13F3N4. The van der Waals surface area contributed by atoms with Crippen LogP contribution in [0, 0.1) is 12.3 Å². The summed E-state index contributed by atoms with van der Waals surface area (Å²) < 4.78 is 38.9. The predicted molar refractivity (Wildman–Crippen MR) is 58.4 cm³/mol. The normalized spacial score (nSPS) is 16.3. The molecule has 0 saturated carbocycles. The van der Waals surface area contributed by atoms with Gasteiger partial charge in [0.05, 0.1) is 6.54 Å². The van der Waals surface area contributed by atoms with Gasteiger partial charge in [0.15, 0.2) is 0 Å². The first-order valence-electron chi connectivity index (χ1n) is 5.67. The smallest absolute Gasteiger partial charge is 0.305 e. The zero-order chi connectivity index (χ0) is 13.2. The molecule has 1 aromatic heterocycles. The summed E-state index contributed by atoms with van der Waals surface area (Å²) in [4.78, 5) is 2.04. The number of alkyl halides is 3. The van der Waals surface area contributed by atoms with Crippen LogP contribution in [-0.2, 0) is 19.3 Å². The van der Waals surface area contributed by atoms with Crippen LogP contribution in [0.1, 0.15) is 24.5 Å². The maximum atomic E-state index is 12.6. The molecule has 0 fully saturated rings. The third-order valence-electron chi connectivity index (χ3n) is 2.88. The van der Waals surface area contributed by atoms with Crippen LogP contribution < -0.4 is 0 Å². The van der Waals surface area contributed by atoms with Crippen LogP contribution in [0.15, 0.2) is 0 Å². The molecule has 1 aliphatic heterocycles. The van der Waals surface area contributed by atoms with Gasteiger partial charge in [-0.25, -0.2) is 0 Å². The van der Waals surface area contributed by atoms with Crippen molar-refractivity contribution in [2.24, 2.45) is 0 Å². The van der Waals surface area contributed by atoms with E-state index in [0.29, 0.717) is 25.3 Å². The number of terminal acetylenes is 1. The van der Waals surface area contributed by atoms with Crippen molar-refractivity contribution in [3.63, 3.8) is 0 Å². The molecule has 0 amide bonds. The standard InChI is InChI=1S/C11H13F3N4/c1-2-3-4-5-17-6-7-18-9(8-17)15-16-10(18)11(12,13)14/h1H,3-8H2. The average Bonchev–Trinajstić information content (AvgIpc) is 2.72. The van der Waals surface area contributed by atoms with E-state index in [0.717, 1.165) is 17.5 Å². The molecule has 98 valence electrons. The van der Waals surface area contributed by atoms with Crippen molar-refractivity contribution in [2.45, 2.75) is 32.1 Å². The van der Waals surface area contributed by atoms with Gasteiger partial charge in [-0.05, 0) is 13.0 Å². The Bertz CT molecular complexity index is 458. The van der Waals surface area contributed by atoms with Crippen LogP contribution in [0.4, 0.5) is 13.2 Å². The molecule has 0 radical (unpaired) electrons. The Morgan fingerprint density at radius 3 is 2.72 bits per heavy atom. The molecule has 0 aliphatic carbocycles. The summed E-state index contributed by atoms with van der Waals surface area (Å²) in [6.07, 6.45) is 2.24. The minimum atomic E-state index is -4.43. The Hall–Kier alpha value is -1.55. The largest absolute Gasteiger partial charge is 0.451 e. The van der Waals surface area contributed by atoms with Crippen molar-refractivity contribution in [2.75, 3.05) is 13.1 Å². The predicted octanol–water partition coefficient (Wildman–Crippen LogP) is 1.53. The Morgan fingerprint density at radius 1 is 1.28 bits per heavy atom. The summed E-state index contributed by atoms with van der Waals surface area (Å²) in [5, 5.41) is 6.84. The molecule has 4 nitrogen and oxygen atoms in total. The molecule has 1 aliphatic rings. The highest BCUT2D eigenvalue weighted by Gasteiger charge is 2.39. The molecule has 1 aromatic rings. The minimum Gasteiger partial charge on any atom is -0.305 e. The van der Waals surface area contributed by atoms with Gasteiger partial charge in [0.2, 0.25) is 5.82 Å². The van der Waals surface area contributed by atoms with Crippen molar-refractivity contribution >= 4 is 0 Å². The minimum absolute atomic E-state index is 0.271. The Balaban J connectivity index is 2.04. The van der Waals surface area contributed by atoms with Gasteiger partial charge in [-0.1, -0.05) is 0 Å². The number of unbranched alkanes of at least 4 members (excludes halogenated alkanes) is 1. The monoisotopic (exact) mass is 258 g/mol. The second-order valence-corrected chi connectivity index (χ2v) is 4.17. The fraction of sp³-hybridized carbons (Fsp3) is 0.636. The number of fused-ring (bicyclic) bond motifs is 1. The highest BCUT2D eigenvalue weighted by atomic mass is 19.4. The first-order valence-corrected chi connectivity index (χ1v) is 5.67. The Morgan fingerprint density at radius 2 is 2.06 bits per heavy atom. The quantitative estimate of drug-likeness (QED) is 0.609. The highest BCUT2D eigenvalue weighted by molar-refractivity contribution is 5.02. The van der Waals surface area contributed by atoms with E-state index in [4.69, 9.17) is 6.42 Å². The van der Waals surface area contributed by atoms with Crippen molar-refractivity contribution in [1.82, 2.24) is 19.7 Å². The van der Waals surface area contributed by atoms with E-state index in [1.165, 1.54) is 0 Å². The average molecular weight is 258 g/mol. The van der Waals surface area contributed by atoms with E-state index >= 15 is 0 Å². The van der Waals surface area contributed by atoms with E-state index in [1.54, 1.807) is 0 Å². The molecule has 2 rings (SSSR count). The molecule has 7 heteroatoms. The fourth-order valence-corrected chi connectivity index (χ4v) is 2.01. The van der Waals surface area contributed by atoms with Gasteiger partial charge in [-0.3, -0.25) is 4.90 Å². The van der Waals surface area contributed by atoms with Gasteiger partial charge in [-0.15, -0.1) is 22.5 Å². The lowest BCUT2D eigenvalue weighted by Gasteiger charge is -2.27. The molecule has 0 bridgehead atoms. The number of halogens is 3. The Kier molecular flexibility index (Phi) is 3.57. The number of aromatic nitrogens is 3. The topological polar surface area (TPSA) is 34.0 Å². The van der Waals surface area contributed by atoms with Gasteiger partial charge in [0.25, 0.3) is 0 Å². The zero-order valence-corrected chi connectivity index (χ0v) is 9.74. The summed E-state index contributed by atoms with van der Waals surface area (Å²) in [6, 6.07) is 0. The van der Waals surface area contributed by atoms with E-state index in [9.17, 15) is 13.2 Å². The summed E-state index contributed by atoms with van der Waals surface area (Å²) in [5.41, 5.74) is 0. The van der Waals surface area contributed by atoms with E-state index < -0.39 is 12.0 Å². The van der Waals surface area contributed by atoms with Crippen LogP contribution in [0.2, 0.25) is 0 Å². The van der Waals surface area contributed by atoms with Gasteiger partial charge < -0.3 is 4.57 Å². The molecular weight excluding hydrogens is 245 g/mol. The lowest BCUT2D eigenvalue weighted by Crippen LogP contribution is -2.35. The first kappa shape index (κ1) is 12.9. The van der Waals surface area contributed by atoms with Crippen LogP contribution in [0.25, 0.3) is 0 Å². The highest BCUT2D eigenvalue weighted by Crippen LogP contribution is 2.29. The SMILES string of the molecule is C#CCCCN1CCn2c(nnc2C(F)(F)F)C1. The summed E-state index contributed by atoms with van der Waals surface area (Å²) in [6.45, 7) is 2.01. The van der Waals surface area contributed by atoms with Crippen molar-refractivity contribution in [3.8, 4) is 12.3 Å². The van der Waals surface area contributed by atoms with Crippen LogP contribution in [0.5, 0.6) is 0 Å². The lowest BCUT2D eigenvalue weighted by molar-refractivity contribution is -0.148. The van der Waals surface area contributed by atoms with Crippen LogP contribution >= 0.6 is 0 Å². The maximum Gasteiger partial charge on any atom is 0.451 e. The summed E-state index contributed by atoms with van der Waals surface area (Å²) in [7, 11) is 0. The molecule has 18 heavy (non-hydrogen) atoms. The second-order valence-electron chi connectivity index (χ2n) is 4.17. The van der Waals surface area contributed by atoms with E-state index in [1.807, 2.05) is 4.90 Å². The van der Waals surface area contributed by atoms with Gasteiger partial charge in [-0.2, -0.15) is 13.2 Å². The molecule has 0 unspecified atom stereocenters. The number of hydrogen-bond acceptors (Lipinski definition) is 3. The van der Waals surface area contributed by atoms with Gasteiger partial charge in [0, 0.05) is 19.5 Å². The maximum absolute atomic E-state index is 12.6. The molecule has 0 aromatic carbocycles. The first-order chi connectivity index (χ1) is 8.52. The molecule has 2 heterocycles. The Labute approximate surface area is 103 Å². The fourth-order valence-electron chi connectivity index (χ4n) is 2.01. The van der Waals surface area contributed by atoms with Crippen LogP contribution in [0.3, 0.4) is 0 Å². The van der Waals surface area contributed by atoms with Crippen molar-refractivity contribution in [3.05, 3.63) is 11.6 Å². The van der Waals surface area contributed by atoms with Crippen molar-refractivity contribution in [1.29, 1.82) is 0 Å². The van der Waals surface area contributed by atoms with Gasteiger partial charge in [0.1, 0.15) is 5.82 Å². The number of hydrogen-bond donors (Lipinski definition) is 0. The lowest BCUT2D eigenvalue weighted by atomic mass is 10.2. The van der Waals surface area contributed by atoms with Gasteiger partial charge >= 0.3 is 6.18 Å². The molecule has 0 atom stereocenters. The third kappa shape index (κ3) is 2.64. The second kappa shape index (κ2) is 4.98. The third-order valence-corrected chi connectivity index (χ3v) is 2.88. The summed E-state index contributed by atoms with van der Waals surface area (Å²) >= 11 is 0. The number of rotatable bonds is 3. The van der Waals surface area contributed by atoms with Crippen molar-refractivity contribution < 1.29 is 13.2 Å². The molecule has 0 spiro atoms. The van der Waals surface area contributed by atoms with E-state index in [2.05, 4.69) is 16.1 Å². The van der Waals surface area contributed by atoms with Crippen LogP contribution in [-0.4, -0.2) is 32.8 Å². The molecule has 0 saturated heterocycles.